The van der Waals surface area contributed by atoms with Crippen molar-refractivity contribution in [2.45, 2.75) is 75.9 Å². The maximum atomic E-state index is 12.7. The van der Waals surface area contributed by atoms with Gasteiger partial charge >= 0.3 is 5.97 Å². The Morgan fingerprint density at radius 1 is 1.21 bits per heavy atom. The number of rotatable bonds is 2. The lowest BCUT2D eigenvalue weighted by atomic mass is 9.42. The number of carbonyl (C=O) groups is 1. The number of ether oxygens (including phenoxy) is 1. The van der Waals surface area contributed by atoms with Gasteiger partial charge in [0.2, 0.25) is 0 Å². The largest absolute Gasteiger partial charge is 0.667 e. The van der Waals surface area contributed by atoms with E-state index in [1.165, 1.54) is 0 Å². The zero-order valence-electron chi connectivity index (χ0n) is 17.3. The van der Waals surface area contributed by atoms with Gasteiger partial charge in [0.25, 0.3) is 0 Å². The van der Waals surface area contributed by atoms with Crippen LogP contribution in [0.15, 0.2) is 23.4 Å². The molecule has 1 aromatic heterocycles. The minimum atomic E-state index is -1.49. The van der Waals surface area contributed by atoms with Crippen molar-refractivity contribution in [1.29, 1.82) is 0 Å². The summed E-state index contributed by atoms with van der Waals surface area (Å²) in [7, 11) is 1.63. The molecule has 1 heterocycles. The van der Waals surface area contributed by atoms with Gasteiger partial charge in [0.1, 0.15) is 5.60 Å². The smallest absolute Gasteiger partial charge is 0.334 e. The second-order valence-corrected chi connectivity index (χ2v) is 10.4. The van der Waals surface area contributed by atoms with Crippen molar-refractivity contribution in [1.82, 2.24) is 4.98 Å². The van der Waals surface area contributed by atoms with Crippen molar-refractivity contribution in [3.63, 3.8) is 0 Å². The topological polar surface area (TPSA) is 80.9 Å². The molecule has 0 amide bonds. The van der Waals surface area contributed by atoms with Gasteiger partial charge in [-0.15, -0.1) is 0 Å². The van der Waals surface area contributed by atoms with Gasteiger partial charge in [-0.25, -0.2) is 4.79 Å². The minimum Gasteiger partial charge on any atom is -0.667 e. The number of aromatic nitrogens is 1. The Balaban J connectivity index is 1.76. The summed E-state index contributed by atoms with van der Waals surface area (Å²) in [5, 5.41) is 22.9. The second-order valence-electron chi connectivity index (χ2n) is 10.4. The highest BCUT2D eigenvalue weighted by molar-refractivity contribution is 5.93. The lowest BCUT2D eigenvalue weighted by molar-refractivity contribution is -0.152. The predicted molar refractivity (Wildman–Crippen MR) is 106 cm³/mol. The Hall–Kier alpha value is -1.59. The molecule has 3 saturated carbocycles. The zero-order chi connectivity index (χ0) is 20.2. The van der Waals surface area contributed by atoms with E-state index >= 15 is 0 Å². The predicted octanol–water partition coefficient (Wildman–Crippen LogP) is 3.42. The molecule has 7 atom stereocenters. The van der Waals surface area contributed by atoms with E-state index in [4.69, 9.17) is 9.72 Å². The Bertz CT molecular complexity index is 933. The van der Waals surface area contributed by atoms with Crippen molar-refractivity contribution in [3.8, 4) is 0 Å². The number of allylic oxidation sites excluding steroid dienone is 1. The normalized spacial score (nSPS) is 47.4. The number of carboxylic acids is 1. The van der Waals surface area contributed by atoms with E-state index in [1.807, 2.05) is 12.3 Å². The third-order valence-corrected chi connectivity index (χ3v) is 9.82. The van der Waals surface area contributed by atoms with Crippen LogP contribution in [0.3, 0.4) is 0 Å². The first-order valence-corrected chi connectivity index (χ1v) is 11.2. The molecule has 3 fully saturated rings. The van der Waals surface area contributed by atoms with Gasteiger partial charge in [-0.2, -0.15) is 11.9 Å². The summed E-state index contributed by atoms with van der Waals surface area (Å²) in [5.74, 6) is -0.315. The first kappa shape index (κ1) is 18.2. The number of hydrogen-bond acceptors (Lipinski definition) is 3. The van der Waals surface area contributed by atoms with Gasteiger partial charge in [0, 0.05) is 18.4 Å². The number of hydrogen-bond donors (Lipinski definition) is 2. The van der Waals surface area contributed by atoms with Crippen LogP contribution in [0.25, 0.3) is 0 Å². The molecule has 0 saturated heterocycles. The third-order valence-electron chi connectivity index (χ3n) is 9.82. The number of carboxylic acid groups (broad SMARTS) is 1. The van der Waals surface area contributed by atoms with Crippen LogP contribution in [0.5, 0.6) is 0 Å². The Morgan fingerprint density at radius 3 is 2.72 bits per heavy atom. The lowest BCUT2D eigenvalue weighted by Crippen LogP contribution is -2.60. The zero-order valence-corrected chi connectivity index (χ0v) is 17.3. The quantitative estimate of drug-likeness (QED) is 0.801. The van der Waals surface area contributed by atoms with Crippen LogP contribution in [0, 0.1) is 22.7 Å². The first-order valence-electron chi connectivity index (χ1n) is 11.2. The Morgan fingerprint density at radius 2 is 1.97 bits per heavy atom. The molecule has 2 N–H and O–H groups in total. The van der Waals surface area contributed by atoms with Crippen molar-refractivity contribution in [2.24, 2.45) is 22.7 Å². The highest BCUT2D eigenvalue weighted by atomic mass is 16.5. The maximum Gasteiger partial charge on any atom is 0.334 e. The fourth-order valence-electron chi connectivity index (χ4n) is 9.04. The van der Waals surface area contributed by atoms with Gasteiger partial charge in [-0.05, 0) is 61.3 Å². The summed E-state index contributed by atoms with van der Waals surface area (Å²) >= 11 is 0. The molecule has 5 aliphatic carbocycles. The van der Waals surface area contributed by atoms with Crippen LogP contribution in [0.4, 0.5) is 0 Å². The van der Waals surface area contributed by atoms with Gasteiger partial charge < -0.3 is 19.9 Å². The fraction of sp³-hybridized carbons (Fsp3) is 0.708. The van der Waals surface area contributed by atoms with E-state index in [1.54, 1.807) is 7.11 Å². The number of nitrogens with zero attached hydrogens (tertiary/aromatic N) is 1. The lowest BCUT2D eigenvalue weighted by Gasteiger charge is -2.62. The number of fused-ring (bicyclic) bond motifs is 1. The molecule has 156 valence electrons. The van der Waals surface area contributed by atoms with Crippen LogP contribution in [0.1, 0.15) is 69.0 Å². The molecule has 5 heteroatoms. The molecule has 5 aliphatic rings. The third kappa shape index (κ3) is 1.77. The molecular formula is C24H30NO4-. The number of aliphatic carboxylic acids is 1. The molecule has 0 aromatic carbocycles. The van der Waals surface area contributed by atoms with Gasteiger partial charge in [-0.1, -0.05) is 31.4 Å². The van der Waals surface area contributed by atoms with Crippen LogP contribution in [-0.4, -0.2) is 35.0 Å². The van der Waals surface area contributed by atoms with Crippen molar-refractivity contribution in [2.75, 3.05) is 7.11 Å². The first-order chi connectivity index (χ1) is 13.9. The summed E-state index contributed by atoms with van der Waals surface area (Å²) < 4.78 is 5.89. The molecular weight excluding hydrogens is 366 g/mol. The molecule has 1 aromatic rings. The van der Waals surface area contributed by atoms with E-state index in [0.717, 1.165) is 61.8 Å². The van der Waals surface area contributed by atoms with Crippen LogP contribution in [-0.2, 0) is 16.0 Å². The highest BCUT2D eigenvalue weighted by Gasteiger charge is 2.78. The van der Waals surface area contributed by atoms with E-state index in [2.05, 4.69) is 6.92 Å². The minimum absolute atomic E-state index is 0.0436. The Kier molecular flexibility index (Phi) is 3.49. The van der Waals surface area contributed by atoms with Crippen LogP contribution in [0.2, 0.25) is 0 Å². The monoisotopic (exact) mass is 396 g/mol. The van der Waals surface area contributed by atoms with Gasteiger partial charge in [-0.3, -0.25) is 0 Å². The van der Waals surface area contributed by atoms with E-state index in [0.29, 0.717) is 18.3 Å². The van der Waals surface area contributed by atoms with Gasteiger partial charge in [0.15, 0.2) is 0 Å². The number of aliphatic hydroxyl groups is 1. The fourth-order valence-corrected chi connectivity index (χ4v) is 9.04. The van der Waals surface area contributed by atoms with E-state index in [9.17, 15) is 15.0 Å². The SMILES string of the molecule is CO[C@H]1CCCC[C@@H]2CC[C@@H]3CC4=C(C(=O)O)[C@@]1(O)[C@H]1c5cc[n-]c5C[C@]3(C)[C@]421. The van der Waals surface area contributed by atoms with E-state index in [-0.39, 0.29) is 22.3 Å². The highest BCUT2D eigenvalue weighted by Crippen LogP contribution is 2.82. The van der Waals surface area contributed by atoms with Crippen LogP contribution < -0.4 is 4.98 Å². The molecule has 29 heavy (non-hydrogen) atoms. The second kappa shape index (κ2) is 5.55. The summed E-state index contributed by atoms with van der Waals surface area (Å²) in [6.45, 7) is 2.38. The molecule has 0 aliphatic heterocycles. The number of methoxy groups -OCH3 is 1. The molecule has 1 spiro atoms. The molecule has 3 bridgehead atoms. The van der Waals surface area contributed by atoms with Gasteiger partial charge in [0.05, 0.1) is 11.7 Å². The van der Waals surface area contributed by atoms with E-state index < -0.39 is 17.7 Å². The van der Waals surface area contributed by atoms with Crippen molar-refractivity contribution >= 4 is 5.97 Å². The summed E-state index contributed by atoms with van der Waals surface area (Å²) in [6, 6.07) is 2.05. The van der Waals surface area contributed by atoms with Crippen LogP contribution >= 0.6 is 0 Å². The molecule has 5 nitrogen and oxygen atoms in total. The van der Waals surface area contributed by atoms with Crippen molar-refractivity contribution in [3.05, 3.63) is 34.7 Å². The molecule has 0 unspecified atom stereocenters. The summed E-state index contributed by atoms with van der Waals surface area (Å²) in [6.07, 6.45) is 9.27. The molecule has 0 radical (unpaired) electrons. The van der Waals surface area contributed by atoms with Crippen molar-refractivity contribution < 1.29 is 19.7 Å². The average Bonchev–Trinajstić information content (AvgIpc) is 3.25. The molecule has 6 rings (SSSR count). The Labute approximate surface area is 171 Å². The average molecular weight is 397 g/mol. The maximum absolute atomic E-state index is 12.7. The standard InChI is InChI=1S/C24H30NO4/c1-22-12-17-15(9-10-25-17)20-23(22)13-5-3-4-6-18(29-2)24(20,28)19(21(26)27)16(23)11-14(22)8-7-13/h9-10,13-14,18,20,28H,3-8,11-12H2,1-2H3,(H,26,27)/q-1/t13-,14-,18+,20+,22+,23+,24-/m1/s1. The summed E-state index contributed by atoms with van der Waals surface area (Å²) in [5.41, 5.74) is 1.66. The summed E-state index contributed by atoms with van der Waals surface area (Å²) in [4.78, 5) is 17.4.